The minimum absolute atomic E-state index is 0.158. The van der Waals surface area contributed by atoms with E-state index in [1.165, 1.54) is 25.6 Å². The normalized spacial score (nSPS) is 16.5. The molecule has 0 radical (unpaired) electrons. The molecule has 100 valence electrons. The number of anilines is 2. The van der Waals surface area contributed by atoms with E-state index in [0.29, 0.717) is 22.6 Å². The Bertz CT molecular complexity index is 660. The SMILES string of the molecule is CC(CC1CC1)Nc1cc2nc[nH]c(=O)c2cc1N. The quantitative estimate of drug-likeness (QED) is 0.733. The van der Waals surface area contributed by atoms with Gasteiger partial charge in [0.05, 0.1) is 28.6 Å². The summed E-state index contributed by atoms with van der Waals surface area (Å²) in [5.41, 5.74) is 7.97. The maximum absolute atomic E-state index is 11.6. The van der Waals surface area contributed by atoms with Gasteiger partial charge >= 0.3 is 0 Å². The Kier molecular flexibility index (Phi) is 2.89. The van der Waals surface area contributed by atoms with Gasteiger partial charge in [-0.15, -0.1) is 0 Å². The monoisotopic (exact) mass is 258 g/mol. The van der Waals surface area contributed by atoms with E-state index in [0.717, 1.165) is 11.6 Å². The van der Waals surface area contributed by atoms with Gasteiger partial charge < -0.3 is 16.0 Å². The number of nitrogens with two attached hydrogens (primary N) is 1. The first-order valence-electron chi connectivity index (χ1n) is 6.67. The van der Waals surface area contributed by atoms with E-state index in [9.17, 15) is 4.79 Å². The zero-order valence-corrected chi connectivity index (χ0v) is 10.9. The number of nitrogens with one attached hydrogen (secondary N) is 2. The van der Waals surface area contributed by atoms with Crippen molar-refractivity contribution in [3.63, 3.8) is 0 Å². The molecule has 1 fully saturated rings. The molecule has 1 saturated carbocycles. The van der Waals surface area contributed by atoms with Crippen LogP contribution in [0.3, 0.4) is 0 Å². The first-order valence-corrected chi connectivity index (χ1v) is 6.67. The summed E-state index contributed by atoms with van der Waals surface area (Å²) in [6.45, 7) is 2.16. The van der Waals surface area contributed by atoms with Gasteiger partial charge in [0.2, 0.25) is 0 Å². The highest BCUT2D eigenvalue weighted by molar-refractivity contribution is 5.88. The fourth-order valence-corrected chi connectivity index (χ4v) is 2.43. The van der Waals surface area contributed by atoms with Crippen molar-refractivity contribution in [2.75, 3.05) is 11.1 Å². The number of H-pyrrole nitrogens is 1. The van der Waals surface area contributed by atoms with Crippen LogP contribution < -0.4 is 16.6 Å². The lowest BCUT2D eigenvalue weighted by atomic mass is 10.1. The van der Waals surface area contributed by atoms with Gasteiger partial charge in [-0.3, -0.25) is 4.79 Å². The number of nitrogen functional groups attached to an aromatic ring is 1. The van der Waals surface area contributed by atoms with Crippen molar-refractivity contribution in [3.05, 3.63) is 28.8 Å². The van der Waals surface area contributed by atoms with Crippen molar-refractivity contribution in [3.8, 4) is 0 Å². The molecule has 1 unspecified atom stereocenters. The zero-order valence-electron chi connectivity index (χ0n) is 10.9. The third-order valence-corrected chi connectivity index (χ3v) is 3.60. The minimum Gasteiger partial charge on any atom is -0.397 e. The summed E-state index contributed by atoms with van der Waals surface area (Å²) >= 11 is 0. The Hall–Kier alpha value is -2.04. The molecule has 5 heteroatoms. The Morgan fingerprint density at radius 2 is 2.32 bits per heavy atom. The van der Waals surface area contributed by atoms with Gasteiger partial charge in [0.15, 0.2) is 0 Å². The molecule has 1 aromatic heterocycles. The van der Waals surface area contributed by atoms with Crippen LogP contribution in [0.4, 0.5) is 11.4 Å². The molecule has 1 aliphatic rings. The lowest BCUT2D eigenvalue weighted by molar-refractivity contribution is 0.642. The highest BCUT2D eigenvalue weighted by Crippen LogP contribution is 2.34. The summed E-state index contributed by atoms with van der Waals surface area (Å²) in [4.78, 5) is 18.4. The molecule has 0 aliphatic heterocycles. The van der Waals surface area contributed by atoms with Gasteiger partial charge in [0, 0.05) is 6.04 Å². The first-order chi connectivity index (χ1) is 9.13. The molecule has 0 amide bonds. The molecule has 19 heavy (non-hydrogen) atoms. The fourth-order valence-electron chi connectivity index (χ4n) is 2.43. The smallest absolute Gasteiger partial charge is 0.258 e. The van der Waals surface area contributed by atoms with Crippen LogP contribution in [0, 0.1) is 5.92 Å². The van der Waals surface area contributed by atoms with Crippen molar-refractivity contribution in [1.82, 2.24) is 9.97 Å². The molecule has 1 aliphatic carbocycles. The van der Waals surface area contributed by atoms with Crippen molar-refractivity contribution in [1.29, 1.82) is 0 Å². The van der Waals surface area contributed by atoms with Crippen LogP contribution in [0.25, 0.3) is 10.9 Å². The molecule has 1 heterocycles. The van der Waals surface area contributed by atoms with Crippen LogP contribution in [0.1, 0.15) is 26.2 Å². The second kappa shape index (κ2) is 4.57. The predicted octanol–water partition coefficient (Wildman–Crippen LogP) is 2.11. The highest BCUT2D eigenvalue weighted by Gasteiger charge is 2.23. The van der Waals surface area contributed by atoms with E-state index in [-0.39, 0.29) is 5.56 Å². The van der Waals surface area contributed by atoms with Crippen molar-refractivity contribution >= 4 is 22.3 Å². The van der Waals surface area contributed by atoms with Crippen molar-refractivity contribution < 1.29 is 0 Å². The Morgan fingerprint density at radius 3 is 3.05 bits per heavy atom. The zero-order chi connectivity index (χ0) is 13.4. The molecule has 1 aromatic carbocycles. The summed E-state index contributed by atoms with van der Waals surface area (Å²) in [5, 5.41) is 3.94. The van der Waals surface area contributed by atoms with Crippen LogP contribution in [0.15, 0.2) is 23.3 Å². The van der Waals surface area contributed by atoms with E-state index in [4.69, 9.17) is 5.73 Å². The first kappa shape index (κ1) is 12.0. The number of benzene rings is 1. The maximum atomic E-state index is 11.6. The summed E-state index contributed by atoms with van der Waals surface area (Å²) < 4.78 is 0. The molecule has 3 rings (SSSR count). The molecule has 0 bridgehead atoms. The molecule has 1 atom stereocenters. The van der Waals surface area contributed by atoms with Crippen LogP contribution >= 0.6 is 0 Å². The molecule has 5 nitrogen and oxygen atoms in total. The number of aromatic nitrogens is 2. The van der Waals surface area contributed by atoms with Crippen molar-refractivity contribution in [2.24, 2.45) is 5.92 Å². The summed E-state index contributed by atoms with van der Waals surface area (Å²) in [6.07, 6.45) is 5.27. The third-order valence-electron chi connectivity index (χ3n) is 3.60. The number of fused-ring (bicyclic) bond motifs is 1. The Labute approximate surface area is 111 Å². The largest absolute Gasteiger partial charge is 0.397 e. The van der Waals surface area contributed by atoms with Gasteiger partial charge in [-0.1, -0.05) is 12.8 Å². The molecular weight excluding hydrogens is 240 g/mol. The van der Waals surface area contributed by atoms with Crippen LogP contribution in [0.5, 0.6) is 0 Å². The van der Waals surface area contributed by atoms with E-state index in [1.54, 1.807) is 6.07 Å². The van der Waals surface area contributed by atoms with Crippen molar-refractivity contribution in [2.45, 2.75) is 32.2 Å². The predicted molar refractivity (Wildman–Crippen MR) is 77.2 cm³/mol. The van der Waals surface area contributed by atoms with Gasteiger partial charge in [0.1, 0.15) is 0 Å². The second-order valence-corrected chi connectivity index (χ2v) is 5.41. The third kappa shape index (κ3) is 2.54. The lowest BCUT2D eigenvalue weighted by Gasteiger charge is -2.16. The van der Waals surface area contributed by atoms with Gasteiger partial charge in [-0.05, 0) is 31.4 Å². The fraction of sp³-hybridized carbons (Fsp3) is 0.429. The van der Waals surface area contributed by atoms with E-state index in [1.807, 2.05) is 6.07 Å². The average molecular weight is 258 g/mol. The minimum atomic E-state index is -0.158. The average Bonchev–Trinajstić information content (AvgIpc) is 3.15. The number of hydrogen-bond donors (Lipinski definition) is 3. The Balaban J connectivity index is 1.90. The molecule has 0 saturated heterocycles. The van der Waals surface area contributed by atoms with E-state index < -0.39 is 0 Å². The number of rotatable bonds is 4. The topological polar surface area (TPSA) is 83.8 Å². The summed E-state index contributed by atoms with van der Waals surface area (Å²) in [7, 11) is 0. The van der Waals surface area contributed by atoms with Crippen LogP contribution in [-0.2, 0) is 0 Å². The summed E-state index contributed by atoms with van der Waals surface area (Å²) in [5.74, 6) is 0.866. The number of nitrogens with zero attached hydrogens (tertiary/aromatic N) is 1. The van der Waals surface area contributed by atoms with E-state index >= 15 is 0 Å². The second-order valence-electron chi connectivity index (χ2n) is 5.41. The molecular formula is C14H18N4O. The standard InChI is InChI=1S/C14H18N4O/c1-8(4-9-2-3-9)18-13-6-12-10(5-11(13)15)14(19)17-7-16-12/h5-9,18H,2-4,15H2,1H3,(H,16,17,19). The Morgan fingerprint density at radius 1 is 1.53 bits per heavy atom. The van der Waals surface area contributed by atoms with Crippen LogP contribution in [0.2, 0.25) is 0 Å². The van der Waals surface area contributed by atoms with Crippen LogP contribution in [-0.4, -0.2) is 16.0 Å². The highest BCUT2D eigenvalue weighted by atomic mass is 16.1. The number of hydrogen-bond acceptors (Lipinski definition) is 4. The molecule has 0 spiro atoms. The van der Waals surface area contributed by atoms with Gasteiger partial charge in [-0.2, -0.15) is 0 Å². The number of aromatic amines is 1. The maximum Gasteiger partial charge on any atom is 0.258 e. The van der Waals surface area contributed by atoms with Gasteiger partial charge in [-0.25, -0.2) is 4.98 Å². The van der Waals surface area contributed by atoms with E-state index in [2.05, 4.69) is 22.2 Å². The molecule has 4 N–H and O–H groups in total. The lowest BCUT2D eigenvalue weighted by Crippen LogP contribution is -2.17. The molecule has 2 aromatic rings. The summed E-state index contributed by atoms with van der Waals surface area (Å²) in [6, 6.07) is 3.92. The van der Waals surface area contributed by atoms with Gasteiger partial charge in [0.25, 0.3) is 5.56 Å².